The number of carbonyl (C=O) groups is 1. The van der Waals surface area contributed by atoms with Crippen molar-refractivity contribution in [3.05, 3.63) is 34.5 Å². The quantitative estimate of drug-likeness (QED) is 0.448. The number of nitrogens with zero attached hydrogens (tertiary/aromatic N) is 4. The number of nitrogens with one attached hydrogen (secondary N) is 1. The van der Waals surface area contributed by atoms with E-state index in [2.05, 4.69) is 28.2 Å². The largest absolute Gasteiger partial charge is 0.316 e. The maximum absolute atomic E-state index is 12.7. The van der Waals surface area contributed by atoms with Gasteiger partial charge >= 0.3 is 0 Å². The van der Waals surface area contributed by atoms with Gasteiger partial charge in [-0.1, -0.05) is 24.3 Å². The number of rotatable bonds is 6. The fourth-order valence-corrected chi connectivity index (χ4v) is 5.31. The minimum absolute atomic E-state index is 0.126. The van der Waals surface area contributed by atoms with Crippen molar-refractivity contribution in [3.8, 4) is 6.07 Å². The lowest BCUT2D eigenvalue weighted by Gasteiger charge is -2.12. The van der Waals surface area contributed by atoms with Crippen molar-refractivity contribution in [2.75, 3.05) is 5.32 Å². The number of hydrogen-bond acceptors (Lipinski definition) is 6. The Balaban J connectivity index is 1.74. The number of allylic oxidation sites excluding steroid dienone is 1. The zero-order valence-corrected chi connectivity index (χ0v) is 17.3. The van der Waals surface area contributed by atoms with Crippen LogP contribution in [0.2, 0.25) is 0 Å². The third-order valence-electron chi connectivity index (χ3n) is 4.63. The molecule has 1 amide bonds. The number of nitriles is 1. The van der Waals surface area contributed by atoms with E-state index in [-0.39, 0.29) is 11.2 Å². The van der Waals surface area contributed by atoms with E-state index in [0.717, 1.165) is 37.1 Å². The highest BCUT2D eigenvalue weighted by atomic mass is 32.2. The summed E-state index contributed by atoms with van der Waals surface area (Å²) in [6, 6.07) is 2.31. The van der Waals surface area contributed by atoms with Crippen LogP contribution in [-0.4, -0.2) is 25.9 Å². The summed E-state index contributed by atoms with van der Waals surface area (Å²) in [6.45, 7) is 8.07. The van der Waals surface area contributed by atoms with Crippen molar-refractivity contribution in [2.24, 2.45) is 0 Å². The number of hydrogen-bond donors (Lipinski definition) is 1. The zero-order chi connectivity index (χ0) is 19.4. The second kappa shape index (κ2) is 8.72. The molecule has 0 saturated carbocycles. The molecule has 1 unspecified atom stereocenters. The molecule has 0 aromatic carbocycles. The molecule has 6 nitrogen and oxygen atoms in total. The van der Waals surface area contributed by atoms with Crippen LogP contribution in [0.1, 0.15) is 48.0 Å². The summed E-state index contributed by atoms with van der Waals surface area (Å²) in [6.07, 6.45) is 7.17. The maximum Gasteiger partial charge on any atom is 0.238 e. The second-order valence-electron chi connectivity index (χ2n) is 6.56. The van der Waals surface area contributed by atoms with E-state index in [1.807, 2.05) is 18.4 Å². The highest BCUT2D eigenvalue weighted by Crippen LogP contribution is 2.37. The first-order chi connectivity index (χ1) is 13.0. The Labute approximate surface area is 167 Å². The molecule has 0 spiro atoms. The topological polar surface area (TPSA) is 83.6 Å². The lowest BCUT2D eigenvalue weighted by atomic mass is 10.1. The van der Waals surface area contributed by atoms with E-state index < -0.39 is 0 Å². The summed E-state index contributed by atoms with van der Waals surface area (Å²) < 4.78 is 1.93. The monoisotopic (exact) mass is 401 g/mol. The van der Waals surface area contributed by atoms with Crippen LogP contribution < -0.4 is 5.32 Å². The molecule has 0 radical (unpaired) electrons. The smallest absolute Gasteiger partial charge is 0.238 e. The molecule has 2 heterocycles. The molecule has 0 saturated heterocycles. The van der Waals surface area contributed by atoms with Crippen LogP contribution in [-0.2, 0) is 24.2 Å². The lowest BCUT2D eigenvalue weighted by Crippen LogP contribution is -2.23. The van der Waals surface area contributed by atoms with E-state index in [1.54, 1.807) is 17.4 Å². The third kappa shape index (κ3) is 4.25. The Morgan fingerprint density at radius 2 is 2.22 bits per heavy atom. The zero-order valence-electron chi connectivity index (χ0n) is 15.6. The van der Waals surface area contributed by atoms with Crippen molar-refractivity contribution in [3.63, 3.8) is 0 Å². The van der Waals surface area contributed by atoms with Crippen LogP contribution in [0.15, 0.2) is 17.8 Å². The van der Waals surface area contributed by atoms with Gasteiger partial charge in [0, 0.05) is 11.4 Å². The summed E-state index contributed by atoms with van der Waals surface area (Å²) in [5, 5.41) is 21.9. The highest BCUT2D eigenvalue weighted by molar-refractivity contribution is 8.00. The summed E-state index contributed by atoms with van der Waals surface area (Å²) >= 11 is 2.92. The van der Waals surface area contributed by atoms with E-state index in [1.165, 1.54) is 23.1 Å². The van der Waals surface area contributed by atoms with E-state index in [9.17, 15) is 10.1 Å². The number of anilines is 1. The molecule has 1 atom stereocenters. The molecule has 0 aliphatic heterocycles. The normalized spacial score (nSPS) is 14.7. The molecule has 27 heavy (non-hydrogen) atoms. The van der Waals surface area contributed by atoms with Crippen molar-refractivity contribution in [2.45, 2.75) is 62.9 Å². The number of aryl methyl sites for hydroxylation is 2. The molecule has 2 aromatic rings. The van der Waals surface area contributed by atoms with Crippen molar-refractivity contribution in [1.82, 2.24) is 14.8 Å². The average molecular weight is 402 g/mol. The summed E-state index contributed by atoms with van der Waals surface area (Å²) in [4.78, 5) is 14.0. The first-order valence-electron chi connectivity index (χ1n) is 9.08. The molecule has 1 aliphatic carbocycles. The molecule has 1 aliphatic rings. The van der Waals surface area contributed by atoms with E-state index in [0.29, 0.717) is 22.3 Å². The molecule has 1 N–H and O–H groups in total. The Bertz CT molecular complexity index is 893. The number of aromatic nitrogens is 3. The number of amides is 1. The standard InChI is InChI=1S/C19H23N5OS2/c1-4-10-24-13(3)22-23-19(24)26-12(2)17(25)21-18-15(11-20)14-8-6-5-7-9-16(14)27-18/h4,12H,1,5-10H2,2-3H3,(H,21,25). The minimum atomic E-state index is -0.356. The number of thiophene rings is 1. The fourth-order valence-electron chi connectivity index (χ4n) is 3.16. The molecule has 2 aromatic heterocycles. The van der Waals surface area contributed by atoms with Crippen LogP contribution in [0.5, 0.6) is 0 Å². The molecule has 8 heteroatoms. The van der Waals surface area contributed by atoms with Crippen molar-refractivity contribution < 1.29 is 4.79 Å². The molecule has 0 fully saturated rings. The van der Waals surface area contributed by atoms with Gasteiger partial charge in [-0.2, -0.15) is 5.26 Å². The first kappa shape index (κ1) is 19.6. The van der Waals surface area contributed by atoms with Gasteiger partial charge in [-0.15, -0.1) is 28.1 Å². The molecule has 3 rings (SSSR count). The molecule has 142 valence electrons. The van der Waals surface area contributed by atoms with Gasteiger partial charge in [-0.25, -0.2) is 0 Å². The van der Waals surface area contributed by atoms with Crippen molar-refractivity contribution in [1.29, 1.82) is 5.26 Å². The highest BCUT2D eigenvalue weighted by Gasteiger charge is 2.24. The van der Waals surface area contributed by atoms with Gasteiger partial charge in [0.2, 0.25) is 5.91 Å². The lowest BCUT2D eigenvalue weighted by molar-refractivity contribution is -0.115. The van der Waals surface area contributed by atoms with Crippen LogP contribution in [0, 0.1) is 18.3 Å². The molecular formula is C19H23N5OS2. The van der Waals surface area contributed by atoms with Crippen LogP contribution in [0.25, 0.3) is 0 Å². The van der Waals surface area contributed by atoms with Gasteiger partial charge in [0.25, 0.3) is 0 Å². The van der Waals surface area contributed by atoms with Gasteiger partial charge in [0.05, 0.1) is 10.8 Å². The minimum Gasteiger partial charge on any atom is -0.316 e. The van der Waals surface area contributed by atoms with Crippen LogP contribution in [0.4, 0.5) is 5.00 Å². The Morgan fingerprint density at radius 3 is 2.96 bits per heavy atom. The van der Waals surface area contributed by atoms with Gasteiger partial charge in [0.15, 0.2) is 5.16 Å². The first-order valence-corrected chi connectivity index (χ1v) is 10.8. The third-order valence-corrected chi connectivity index (χ3v) is 6.92. The Morgan fingerprint density at radius 1 is 1.44 bits per heavy atom. The van der Waals surface area contributed by atoms with Gasteiger partial charge < -0.3 is 9.88 Å². The van der Waals surface area contributed by atoms with Gasteiger partial charge in [-0.3, -0.25) is 4.79 Å². The van der Waals surface area contributed by atoms with E-state index in [4.69, 9.17) is 0 Å². The summed E-state index contributed by atoms with van der Waals surface area (Å²) in [5.41, 5.74) is 1.78. The number of carbonyl (C=O) groups excluding carboxylic acids is 1. The van der Waals surface area contributed by atoms with E-state index >= 15 is 0 Å². The SMILES string of the molecule is C=CCn1c(C)nnc1SC(C)C(=O)Nc1sc2c(c1C#N)CCCCC2. The van der Waals surface area contributed by atoms with Gasteiger partial charge in [-0.05, 0) is 45.1 Å². The Kier molecular flexibility index (Phi) is 6.34. The molecule has 0 bridgehead atoms. The summed E-state index contributed by atoms with van der Waals surface area (Å²) in [5.74, 6) is 0.664. The van der Waals surface area contributed by atoms with Crippen LogP contribution >= 0.6 is 23.1 Å². The van der Waals surface area contributed by atoms with Crippen molar-refractivity contribution >= 4 is 34.0 Å². The predicted molar refractivity (Wildman–Crippen MR) is 109 cm³/mol. The average Bonchev–Trinajstić information content (AvgIpc) is 3.05. The maximum atomic E-state index is 12.7. The number of fused-ring (bicyclic) bond motifs is 1. The van der Waals surface area contributed by atoms with Gasteiger partial charge in [0.1, 0.15) is 16.9 Å². The number of thioether (sulfide) groups is 1. The second-order valence-corrected chi connectivity index (χ2v) is 8.97. The molecular weight excluding hydrogens is 378 g/mol. The predicted octanol–water partition coefficient (Wildman–Crippen LogP) is 4.09. The summed E-state index contributed by atoms with van der Waals surface area (Å²) in [7, 11) is 0. The fraction of sp³-hybridized carbons (Fsp3) is 0.474. The van der Waals surface area contributed by atoms with Crippen LogP contribution in [0.3, 0.4) is 0 Å². The Hall–Kier alpha value is -2.11.